The van der Waals surface area contributed by atoms with Crippen LogP contribution in [0.4, 0.5) is 4.79 Å². The predicted octanol–water partition coefficient (Wildman–Crippen LogP) is 2.71. The molecule has 4 N–H and O–H groups in total. The van der Waals surface area contributed by atoms with E-state index >= 15 is 0 Å². The van der Waals surface area contributed by atoms with Crippen molar-refractivity contribution in [2.75, 3.05) is 21.3 Å². The molecule has 0 saturated heterocycles. The molecule has 0 saturated carbocycles. The van der Waals surface area contributed by atoms with E-state index in [1.54, 1.807) is 19.1 Å². The van der Waals surface area contributed by atoms with Crippen molar-refractivity contribution < 1.29 is 33.4 Å². The summed E-state index contributed by atoms with van der Waals surface area (Å²) in [5.41, 5.74) is 1.43. The third-order valence-electron chi connectivity index (χ3n) is 6.13. The molecule has 0 aliphatic rings. The largest absolute Gasteiger partial charge is 0.496 e. The van der Waals surface area contributed by atoms with E-state index in [-0.39, 0.29) is 18.9 Å². The summed E-state index contributed by atoms with van der Waals surface area (Å²) in [6.07, 6.45) is 0.528. The number of Topliss-reactive ketones (excluding diaryl/α,β-unsaturated/α-hetero) is 1. The van der Waals surface area contributed by atoms with Gasteiger partial charge in [0, 0.05) is 18.7 Å². The van der Waals surface area contributed by atoms with Crippen LogP contribution in [-0.4, -0.2) is 57.0 Å². The second-order valence-corrected chi connectivity index (χ2v) is 9.52. The second-order valence-electron chi connectivity index (χ2n) is 9.52. The van der Waals surface area contributed by atoms with Gasteiger partial charge in [-0.25, -0.2) is 4.79 Å². The molecule has 2 aromatic carbocycles. The monoisotopic (exact) mass is 556 g/mol. The lowest BCUT2D eigenvalue weighted by atomic mass is 10.0. The average Bonchev–Trinajstić information content (AvgIpc) is 2.96. The van der Waals surface area contributed by atoms with E-state index in [0.717, 1.165) is 5.56 Å². The van der Waals surface area contributed by atoms with Crippen LogP contribution in [0.15, 0.2) is 42.5 Å². The Hall–Kier alpha value is -4.28. The van der Waals surface area contributed by atoms with E-state index in [1.807, 2.05) is 44.2 Å². The van der Waals surface area contributed by atoms with E-state index in [2.05, 4.69) is 21.3 Å². The number of carbonyl (C=O) groups excluding carboxylic acids is 4. The highest BCUT2D eigenvalue weighted by atomic mass is 16.5. The zero-order valence-corrected chi connectivity index (χ0v) is 24.0. The van der Waals surface area contributed by atoms with Crippen LogP contribution in [-0.2, 0) is 27.5 Å². The zero-order chi connectivity index (χ0) is 29.7. The fourth-order valence-corrected chi connectivity index (χ4v) is 3.98. The van der Waals surface area contributed by atoms with Crippen LogP contribution in [0.25, 0.3) is 0 Å². The molecule has 40 heavy (non-hydrogen) atoms. The average molecular weight is 557 g/mol. The number of carbonyl (C=O) groups is 4. The number of rotatable bonds is 15. The third kappa shape index (κ3) is 9.48. The fraction of sp³-hybridized carbons (Fsp3) is 0.448. The number of hydrogen-bond donors (Lipinski definition) is 4. The predicted molar refractivity (Wildman–Crippen MR) is 150 cm³/mol. The summed E-state index contributed by atoms with van der Waals surface area (Å²) >= 11 is 0. The number of hydrogen-bond acceptors (Lipinski definition) is 7. The molecule has 4 amide bonds. The van der Waals surface area contributed by atoms with Crippen molar-refractivity contribution in [3.05, 3.63) is 53.6 Å². The van der Waals surface area contributed by atoms with E-state index in [4.69, 9.17) is 14.2 Å². The molecule has 2 rings (SSSR count). The molecule has 11 heteroatoms. The molecule has 0 aliphatic carbocycles. The minimum absolute atomic E-state index is 0.0512. The maximum atomic E-state index is 13.1. The number of ketones is 1. The number of amides is 4. The van der Waals surface area contributed by atoms with Crippen molar-refractivity contribution in [2.24, 2.45) is 5.92 Å². The molecule has 218 valence electrons. The van der Waals surface area contributed by atoms with Crippen LogP contribution in [0.3, 0.4) is 0 Å². The Morgan fingerprint density at radius 1 is 0.800 bits per heavy atom. The first-order valence-corrected chi connectivity index (χ1v) is 13.1. The standard InChI is InChI=1S/C29H40N4O7/c1-7-22(26(34)28(36)30-17-21-24(39-5)14-20(38-4)15-25(21)40-6)32-27(35)23(13-18(2)3)33-29(37)31-16-19-11-9-8-10-12-19/h8-12,14-15,18,22-23H,7,13,16-17H2,1-6H3,(H,30,36)(H,32,35)(H2,31,33,37)/t22?,23-/m0/s1. The molecule has 0 spiro atoms. The molecule has 1 unspecified atom stereocenters. The van der Waals surface area contributed by atoms with Gasteiger partial charge < -0.3 is 35.5 Å². The van der Waals surface area contributed by atoms with Crippen LogP contribution >= 0.6 is 0 Å². The van der Waals surface area contributed by atoms with Crippen LogP contribution in [0, 0.1) is 5.92 Å². The first-order chi connectivity index (χ1) is 19.1. The van der Waals surface area contributed by atoms with E-state index in [1.165, 1.54) is 21.3 Å². The van der Waals surface area contributed by atoms with Gasteiger partial charge in [-0.1, -0.05) is 51.1 Å². The van der Waals surface area contributed by atoms with Gasteiger partial charge in [0.25, 0.3) is 5.91 Å². The van der Waals surface area contributed by atoms with Gasteiger partial charge in [0.15, 0.2) is 0 Å². The summed E-state index contributed by atoms with van der Waals surface area (Å²) in [5, 5.41) is 10.6. The van der Waals surface area contributed by atoms with Gasteiger partial charge >= 0.3 is 6.03 Å². The summed E-state index contributed by atoms with van der Waals surface area (Å²) in [5.74, 6) is -0.810. The highest BCUT2D eigenvalue weighted by molar-refractivity contribution is 6.38. The molecule has 0 heterocycles. The van der Waals surface area contributed by atoms with Crippen molar-refractivity contribution in [3.8, 4) is 17.2 Å². The molecule has 0 radical (unpaired) electrons. The second kappa shape index (κ2) is 16.0. The summed E-state index contributed by atoms with van der Waals surface area (Å²) in [7, 11) is 4.44. The first-order valence-electron chi connectivity index (χ1n) is 13.1. The lowest BCUT2D eigenvalue weighted by molar-refractivity contribution is -0.140. The van der Waals surface area contributed by atoms with E-state index in [9.17, 15) is 19.2 Å². The number of nitrogens with one attached hydrogen (secondary N) is 4. The van der Waals surface area contributed by atoms with Gasteiger partial charge in [-0.2, -0.15) is 0 Å². The minimum atomic E-state index is -1.07. The lowest BCUT2D eigenvalue weighted by Crippen LogP contribution is -2.55. The number of benzene rings is 2. The summed E-state index contributed by atoms with van der Waals surface area (Å²) in [4.78, 5) is 51.3. The minimum Gasteiger partial charge on any atom is -0.496 e. The van der Waals surface area contributed by atoms with E-state index in [0.29, 0.717) is 35.8 Å². The third-order valence-corrected chi connectivity index (χ3v) is 6.13. The molecular formula is C29H40N4O7. The first kappa shape index (κ1) is 31.9. The summed E-state index contributed by atoms with van der Waals surface area (Å²) < 4.78 is 16.0. The van der Waals surface area contributed by atoms with Crippen LogP contribution in [0.1, 0.15) is 44.7 Å². The molecule has 0 fully saturated rings. The van der Waals surface area contributed by atoms with Crippen LogP contribution < -0.4 is 35.5 Å². The maximum Gasteiger partial charge on any atom is 0.315 e. The van der Waals surface area contributed by atoms with Crippen LogP contribution in [0.2, 0.25) is 0 Å². The van der Waals surface area contributed by atoms with Gasteiger partial charge in [0.2, 0.25) is 11.7 Å². The Labute approximate surface area is 235 Å². The van der Waals surface area contributed by atoms with Gasteiger partial charge in [-0.3, -0.25) is 14.4 Å². The number of ether oxygens (including phenoxy) is 3. The van der Waals surface area contributed by atoms with Gasteiger partial charge in [0.1, 0.15) is 23.3 Å². The zero-order valence-electron chi connectivity index (χ0n) is 24.0. The van der Waals surface area contributed by atoms with Gasteiger partial charge in [0.05, 0.1) is 39.5 Å². The van der Waals surface area contributed by atoms with Crippen molar-refractivity contribution in [1.82, 2.24) is 21.3 Å². The summed E-state index contributed by atoms with van der Waals surface area (Å²) in [6.45, 7) is 5.76. The molecular weight excluding hydrogens is 516 g/mol. The van der Waals surface area contributed by atoms with Crippen molar-refractivity contribution >= 4 is 23.6 Å². The van der Waals surface area contributed by atoms with Gasteiger partial charge in [-0.15, -0.1) is 0 Å². The lowest BCUT2D eigenvalue weighted by Gasteiger charge is -2.23. The Kier molecular flexibility index (Phi) is 12.7. The molecule has 11 nitrogen and oxygen atoms in total. The van der Waals surface area contributed by atoms with Crippen LogP contribution in [0.5, 0.6) is 17.2 Å². The Morgan fingerprint density at radius 2 is 1.43 bits per heavy atom. The van der Waals surface area contributed by atoms with Crippen molar-refractivity contribution in [2.45, 2.75) is 58.8 Å². The Balaban J connectivity index is 2.03. The molecule has 2 aromatic rings. The fourth-order valence-electron chi connectivity index (χ4n) is 3.98. The quantitative estimate of drug-likeness (QED) is 0.247. The molecule has 2 atom stereocenters. The SMILES string of the molecule is CCC(NC(=O)[C@H](CC(C)C)NC(=O)NCc1ccccc1)C(=O)C(=O)NCc1c(OC)cc(OC)cc1OC. The molecule has 0 aromatic heterocycles. The van der Waals surface area contributed by atoms with E-state index < -0.39 is 35.7 Å². The summed E-state index contributed by atoms with van der Waals surface area (Å²) in [6, 6.07) is 10.2. The Morgan fingerprint density at radius 3 is 1.95 bits per heavy atom. The topological polar surface area (TPSA) is 144 Å². The smallest absolute Gasteiger partial charge is 0.315 e. The number of methoxy groups -OCH3 is 3. The van der Waals surface area contributed by atoms with Gasteiger partial charge in [-0.05, 0) is 24.3 Å². The van der Waals surface area contributed by atoms with Crippen molar-refractivity contribution in [3.63, 3.8) is 0 Å². The number of urea groups is 1. The maximum absolute atomic E-state index is 13.1. The highest BCUT2D eigenvalue weighted by Crippen LogP contribution is 2.33. The molecule has 0 bridgehead atoms. The normalized spacial score (nSPS) is 12.1. The highest BCUT2D eigenvalue weighted by Gasteiger charge is 2.30. The Bertz CT molecular complexity index is 1130. The molecule has 0 aliphatic heterocycles. The van der Waals surface area contributed by atoms with Crippen molar-refractivity contribution in [1.29, 1.82) is 0 Å².